The molecule has 3 nitrogen and oxygen atoms in total. The first-order valence-corrected chi connectivity index (χ1v) is 6.43. The van der Waals surface area contributed by atoms with E-state index in [1.807, 2.05) is 43.3 Å². The standard InChI is InChI=1S/C17H16N2O/c1-13-5-3-4-6-16(13)19(2)17(20)11-14-7-9-15(12-18)10-8-14/h3-10H,11H2,1-2H3. The number of rotatable bonds is 3. The molecule has 2 aromatic carbocycles. The van der Waals surface area contributed by atoms with Crippen molar-refractivity contribution in [3.05, 3.63) is 65.2 Å². The molecule has 0 unspecified atom stereocenters. The summed E-state index contributed by atoms with van der Waals surface area (Å²) in [6.45, 7) is 1.99. The monoisotopic (exact) mass is 264 g/mol. The Morgan fingerprint density at radius 2 is 1.80 bits per heavy atom. The summed E-state index contributed by atoms with van der Waals surface area (Å²) in [5, 5.41) is 8.75. The van der Waals surface area contributed by atoms with Crippen molar-refractivity contribution in [3.8, 4) is 6.07 Å². The molecular weight excluding hydrogens is 248 g/mol. The van der Waals surface area contributed by atoms with Gasteiger partial charge in [-0.1, -0.05) is 30.3 Å². The molecular formula is C17H16N2O. The lowest BCUT2D eigenvalue weighted by Gasteiger charge is -2.19. The molecule has 2 aromatic rings. The van der Waals surface area contributed by atoms with Gasteiger partial charge >= 0.3 is 0 Å². The molecule has 0 bridgehead atoms. The van der Waals surface area contributed by atoms with Crippen LogP contribution >= 0.6 is 0 Å². The number of likely N-dealkylation sites (N-methyl/N-ethyl adjacent to an activating group) is 1. The lowest BCUT2D eigenvalue weighted by Crippen LogP contribution is -2.28. The van der Waals surface area contributed by atoms with Gasteiger partial charge in [0.05, 0.1) is 18.1 Å². The van der Waals surface area contributed by atoms with Gasteiger partial charge in [-0.15, -0.1) is 0 Å². The summed E-state index contributed by atoms with van der Waals surface area (Å²) >= 11 is 0. The van der Waals surface area contributed by atoms with Crippen molar-refractivity contribution in [2.24, 2.45) is 0 Å². The van der Waals surface area contributed by atoms with E-state index in [0.29, 0.717) is 12.0 Å². The first-order valence-electron chi connectivity index (χ1n) is 6.43. The van der Waals surface area contributed by atoms with Gasteiger partial charge in [0.1, 0.15) is 0 Å². The molecule has 1 amide bonds. The van der Waals surface area contributed by atoms with Crippen LogP contribution in [0.3, 0.4) is 0 Å². The van der Waals surface area contributed by atoms with Crippen LogP contribution in [-0.4, -0.2) is 13.0 Å². The summed E-state index contributed by atoms with van der Waals surface area (Å²) in [5.74, 6) is 0.0315. The topological polar surface area (TPSA) is 44.1 Å². The van der Waals surface area contributed by atoms with Gasteiger partial charge in [-0.25, -0.2) is 0 Å². The van der Waals surface area contributed by atoms with Crippen LogP contribution < -0.4 is 4.90 Å². The Morgan fingerprint density at radius 3 is 2.40 bits per heavy atom. The van der Waals surface area contributed by atoms with Crippen molar-refractivity contribution in [3.63, 3.8) is 0 Å². The van der Waals surface area contributed by atoms with Gasteiger partial charge < -0.3 is 4.90 Å². The Kier molecular flexibility index (Phi) is 4.17. The van der Waals surface area contributed by atoms with E-state index in [1.165, 1.54) is 0 Å². The van der Waals surface area contributed by atoms with Crippen LogP contribution in [0.15, 0.2) is 48.5 Å². The summed E-state index contributed by atoms with van der Waals surface area (Å²) in [4.78, 5) is 14.0. The van der Waals surface area contributed by atoms with Crippen molar-refractivity contribution in [1.29, 1.82) is 5.26 Å². The Bertz CT molecular complexity index is 653. The third kappa shape index (κ3) is 3.04. The van der Waals surface area contributed by atoms with Gasteiger partial charge in [0.25, 0.3) is 0 Å². The van der Waals surface area contributed by atoms with E-state index in [4.69, 9.17) is 5.26 Å². The summed E-state index contributed by atoms with van der Waals surface area (Å²) in [7, 11) is 1.79. The molecule has 0 heterocycles. The predicted molar refractivity (Wildman–Crippen MR) is 79.5 cm³/mol. The Balaban J connectivity index is 2.12. The molecule has 3 heteroatoms. The van der Waals surface area contributed by atoms with E-state index < -0.39 is 0 Å². The second-order valence-electron chi connectivity index (χ2n) is 4.72. The van der Waals surface area contributed by atoms with Crippen LogP contribution in [0.4, 0.5) is 5.69 Å². The van der Waals surface area contributed by atoms with Crippen molar-refractivity contribution < 1.29 is 4.79 Å². The van der Waals surface area contributed by atoms with Gasteiger partial charge in [0.2, 0.25) is 5.91 Å². The number of carbonyl (C=O) groups is 1. The van der Waals surface area contributed by atoms with E-state index in [2.05, 4.69) is 6.07 Å². The molecule has 0 aromatic heterocycles. The maximum Gasteiger partial charge on any atom is 0.231 e. The smallest absolute Gasteiger partial charge is 0.231 e. The molecule has 0 saturated heterocycles. The molecule has 20 heavy (non-hydrogen) atoms. The maximum atomic E-state index is 12.3. The number of hydrogen-bond donors (Lipinski definition) is 0. The van der Waals surface area contributed by atoms with E-state index >= 15 is 0 Å². The molecule has 0 N–H and O–H groups in total. The van der Waals surface area contributed by atoms with E-state index in [9.17, 15) is 4.79 Å². The Labute approximate surface area is 119 Å². The van der Waals surface area contributed by atoms with Crippen LogP contribution in [-0.2, 0) is 11.2 Å². The first kappa shape index (κ1) is 13.8. The Morgan fingerprint density at radius 1 is 1.15 bits per heavy atom. The molecule has 0 aliphatic rings. The molecule has 0 aliphatic carbocycles. The quantitative estimate of drug-likeness (QED) is 0.855. The fourth-order valence-electron chi connectivity index (χ4n) is 2.06. The molecule has 100 valence electrons. The van der Waals surface area contributed by atoms with Crippen LogP contribution in [0.1, 0.15) is 16.7 Å². The number of hydrogen-bond acceptors (Lipinski definition) is 2. The van der Waals surface area contributed by atoms with Gasteiger partial charge in [-0.2, -0.15) is 5.26 Å². The van der Waals surface area contributed by atoms with Crippen LogP contribution in [0.5, 0.6) is 0 Å². The average molecular weight is 264 g/mol. The van der Waals surface area contributed by atoms with Gasteiger partial charge in [0, 0.05) is 12.7 Å². The minimum Gasteiger partial charge on any atom is -0.315 e. The van der Waals surface area contributed by atoms with Crippen LogP contribution in [0, 0.1) is 18.3 Å². The van der Waals surface area contributed by atoms with E-state index in [1.54, 1.807) is 24.1 Å². The number of nitriles is 1. The van der Waals surface area contributed by atoms with Crippen molar-refractivity contribution in [1.82, 2.24) is 0 Å². The number of para-hydroxylation sites is 1. The van der Waals surface area contributed by atoms with Crippen LogP contribution in [0.25, 0.3) is 0 Å². The SMILES string of the molecule is Cc1ccccc1N(C)C(=O)Cc1ccc(C#N)cc1. The number of benzene rings is 2. The number of aryl methyl sites for hydroxylation is 1. The summed E-state index contributed by atoms with van der Waals surface area (Å²) in [6, 6.07) is 17.0. The molecule has 0 aliphatic heterocycles. The summed E-state index contributed by atoms with van der Waals surface area (Å²) in [6.07, 6.45) is 0.330. The zero-order valence-corrected chi connectivity index (χ0v) is 11.6. The lowest BCUT2D eigenvalue weighted by molar-refractivity contribution is -0.117. The zero-order valence-electron chi connectivity index (χ0n) is 11.6. The molecule has 0 spiro atoms. The van der Waals surface area contributed by atoms with Gasteiger partial charge in [-0.3, -0.25) is 4.79 Å². The summed E-state index contributed by atoms with van der Waals surface area (Å²) < 4.78 is 0. The number of anilines is 1. The molecule has 0 fully saturated rings. The van der Waals surface area contributed by atoms with Gasteiger partial charge in [-0.05, 0) is 36.2 Å². The maximum absolute atomic E-state index is 12.3. The first-order chi connectivity index (χ1) is 9.61. The van der Waals surface area contributed by atoms with Crippen molar-refractivity contribution in [2.75, 3.05) is 11.9 Å². The van der Waals surface area contributed by atoms with Crippen LogP contribution in [0.2, 0.25) is 0 Å². The predicted octanol–water partition coefficient (Wildman–Crippen LogP) is 3.07. The fraction of sp³-hybridized carbons (Fsp3) is 0.176. The second-order valence-corrected chi connectivity index (χ2v) is 4.72. The minimum atomic E-state index is 0.0315. The third-order valence-corrected chi connectivity index (χ3v) is 3.29. The van der Waals surface area contributed by atoms with Crippen molar-refractivity contribution >= 4 is 11.6 Å². The molecule has 0 saturated carbocycles. The highest BCUT2D eigenvalue weighted by atomic mass is 16.2. The Hall–Kier alpha value is -2.60. The van der Waals surface area contributed by atoms with Crippen molar-refractivity contribution in [2.45, 2.75) is 13.3 Å². The molecule has 0 radical (unpaired) electrons. The second kappa shape index (κ2) is 6.03. The highest BCUT2D eigenvalue weighted by molar-refractivity contribution is 5.94. The number of amides is 1. The normalized spacial score (nSPS) is 9.85. The highest BCUT2D eigenvalue weighted by Crippen LogP contribution is 2.18. The molecule has 0 atom stereocenters. The minimum absolute atomic E-state index is 0.0315. The van der Waals surface area contributed by atoms with E-state index in [0.717, 1.165) is 16.8 Å². The third-order valence-electron chi connectivity index (χ3n) is 3.29. The zero-order chi connectivity index (χ0) is 14.5. The number of nitrogens with zero attached hydrogens (tertiary/aromatic N) is 2. The lowest BCUT2D eigenvalue weighted by atomic mass is 10.1. The average Bonchev–Trinajstić information content (AvgIpc) is 2.48. The summed E-state index contributed by atoms with van der Waals surface area (Å²) in [5.41, 5.74) is 3.51. The molecule has 2 rings (SSSR count). The highest BCUT2D eigenvalue weighted by Gasteiger charge is 2.13. The van der Waals surface area contributed by atoms with E-state index in [-0.39, 0.29) is 5.91 Å². The van der Waals surface area contributed by atoms with Gasteiger partial charge in [0.15, 0.2) is 0 Å². The largest absolute Gasteiger partial charge is 0.315 e. The number of carbonyl (C=O) groups excluding carboxylic acids is 1. The fourth-order valence-corrected chi connectivity index (χ4v) is 2.06.